The van der Waals surface area contributed by atoms with Crippen LogP contribution in [0.5, 0.6) is 5.75 Å². The Hall–Kier alpha value is -0.690. The molecule has 0 atom stereocenters. The van der Waals surface area contributed by atoms with Gasteiger partial charge in [-0.15, -0.1) is 0 Å². The van der Waals surface area contributed by atoms with Gasteiger partial charge in [0.2, 0.25) is 0 Å². The highest BCUT2D eigenvalue weighted by molar-refractivity contribution is 6.31. The van der Waals surface area contributed by atoms with E-state index in [-0.39, 0.29) is 0 Å². The molecule has 0 N–H and O–H groups in total. The van der Waals surface area contributed by atoms with E-state index in [9.17, 15) is 0 Å². The smallest absolute Gasteiger partial charge is 0.120 e. The van der Waals surface area contributed by atoms with Crippen molar-refractivity contribution in [1.29, 1.82) is 0 Å². The minimum Gasteiger partial charge on any atom is -0.494 e. The summed E-state index contributed by atoms with van der Waals surface area (Å²) in [7, 11) is 0. The highest BCUT2D eigenvalue weighted by Gasteiger charge is 1.97. The normalized spacial score (nSPS) is 8.41. The summed E-state index contributed by atoms with van der Waals surface area (Å²) in [6.07, 6.45) is 2.24. The minimum absolute atomic E-state index is 0.772. The van der Waals surface area contributed by atoms with Crippen LogP contribution in [0.2, 0.25) is 5.02 Å². The maximum Gasteiger partial charge on any atom is 0.120 e. The Labute approximate surface area is 112 Å². The molecule has 0 fully saturated rings. The molecule has 0 amide bonds. The van der Waals surface area contributed by atoms with Crippen LogP contribution in [-0.2, 0) is 0 Å². The van der Waals surface area contributed by atoms with E-state index in [1.165, 1.54) is 0 Å². The van der Waals surface area contributed by atoms with Crippen LogP contribution in [0, 0.1) is 6.92 Å². The first-order valence-electron chi connectivity index (χ1n) is 6.63. The molecule has 1 aromatic rings. The molecular formula is C15H27ClO. The van der Waals surface area contributed by atoms with Crippen molar-refractivity contribution in [1.82, 2.24) is 0 Å². The molecule has 0 bridgehead atoms. The third-order valence-corrected chi connectivity index (χ3v) is 2.32. The first-order chi connectivity index (χ1) is 8.24. The first-order valence-corrected chi connectivity index (χ1v) is 7.00. The van der Waals surface area contributed by atoms with Crippen molar-refractivity contribution in [3.8, 4) is 5.75 Å². The lowest BCUT2D eigenvalue weighted by molar-refractivity contribution is 0.309. The minimum atomic E-state index is 0.772. The van der Waals surface area contributed by atoms with Crippen LogP contribution >= 0.6 is 11.6 Å². The Bertz CT molecular complexity index is 272. The number of hydrogen-bond donors (Lipinski definition) is 0. The Morgan fingerprint density at radius 3 is 2.18 bits per heavy atom. The van der Waals surface area contributed by atoms with E-state index in [1.54, 1.807) is 0 Å². The molecule has 1 rings (SSSR count). The Morgan fingerprint density at radius 1 is 1.12 bits per heavy atom. The number of unbranched alkanes of at least 4 members (excludes halogenated alkanes) is 1. The van der Waals surface area contributed by atoms with Crippen LogP contribution in [-0.4, -0.2) is 6.61 Å². The van der Waals surface area contributed by atoms with Gasteiger partial charge < -0.3 is 4.74 Å². The summed E-state index contributed by atoms with van der Waals surface area (Å²) in [6.45, 7) is 12.9. The Morgan fingerprint density at radius 2 is 1.71 bits per heavy atom. The van der Waals surface area contributed by atoms with Crippen LogP contribution in [0.3, 0.4) is 0 Å². The second-order valence-corrected chi connectivity index (χ2v) is 3.52. The van der Waals surface area contributed by atoms with Crippen molar-refractivity contribution in [2.24, 2.45) is 0 Å². The quantitative estimate of drug-likeness (QED) is 0.613. The first kappa shape index (κ1) is 18.7. The number of rotatable bonds is 4. The fourth-order valence-electron chi connectivity index (χ4n) is 0.998. The summed E-state index contributed by atoms with van der Waals surface area (Å²) in [5, 5.41) is 0.772. The summed E-state index contributed by atoms with van der Waals surface area (Å²) in [4.78, 5) is 0. The monoisotopic (exact) mass is 258 g/mol. The SMILES string of the molecule is CC.CC.CCCCOc1ccc(C)c(Cl)c1. The van der Waals surface area contributed by atoms with Gasteiger partial charge in [-0.1, -0.05) is 58.7 Å². The zero-order chi connectivity index (χ0) is 13.7. The lowest BCUT2D eigenvalue weighted by Crippen LogP contribution is -1.96. The molecule has 2 heteroatoms. The van der Waals surface area contributed by atoms with Gasteiger partial charge in [-0.3, -0.25) is 0 Å². The Balaban J connectivity index is 0. The summed E-state index contributed by atoms with van der Waals surface area (Å²) in [6, 6.07) is 5.80. The molecule has 0 aliphatic carbocycles. The van der Waals surface area contributed by atoms with Crippen LogP contribution in [0.15, 0.2) is 18.2 Å². The lowest BCUT2D eigenvalue weighted by atomic mass is 10.2. The molecule has 0 radical (unpaired) electrons. The summed E-state index contributed by atoms with van der Waals surface area (Å²) >= 11 is 5.95. The molecule has 0 aliphatic rings. The van der Waals surface area contributed by atoms with Crippen molar-refractivity contribution in [2.75, 3.05) is 6.61 Å². The maximum absolute atomic E-state index is 5.95. The topological polar surface area (TPSA) is 9.23 Å². The second kappa shape index (κ2) is 13.4. The van der Waals surface area contributed by atoms with E-state index >= 15 is 0 Å². The highest BCUT2D eigenvalue weighted by Crippen LogP contribution is 2.21. The average Bonchev–Trinajstić information content (AvgIpc) is 2.39. The zero-order valence-corrected chi connectivity index (χ0v) is 12.9. The van der Waals surface area contributed by atoms with Crippen molar-refractivity contribution < 1.29 is 4.74 Å². The van der Waals surface area contributed by atoms with Crippen LogP contribution in [0.25, 0.3) is 0 Å². The summed E-state index contributed by atoms with van der Waals surface area (Å²) < 4.78 is 5.50. The molecule has 100 valence electrons. The molecule has 0 saturated carbocycles. The van der Waals surface area contributed by atoms with Crippen LogP contribution in [0.1, 0.15) is 53.0 Å². The standard InChI is InChI=1S/C11H15ClO.2C2H6/c1-3-4-7-13-10-6-5-9(2)11(12)8-10;2*1-2/h5-6,8H,3-4,7H2,1-2H3;2*1-2H3. The number of aryl methyl sites for hydroxylation is 1. The zero-order valence-electron chi connectivity index (χ0n) is 12.1. The van der Waals surface area contributed by atoms with E-state index in [2.05, 4.69) is 6.92 Å². The van der Waals surface area contributed by atoms with Crippen molar-refractivity contribution >= 4 is 11.6 Å². The van der Waals surface area contributed by atoms with Crippen molar-refractivity contribution in [3.63, 3.8) is 0 Å². The number of hydrogen-bond acceptors (Lipinski definition) is 1. The summed E-state index contributed by atoms with van der Waals surface area (Å²) in [5.74, 6) is 0.865. The molecule has 0 heterocycles. The average molecular weight is 259 g/mol. The fraction of sp³-hybridized carbons (Fsp3) is 0.600. The van der Waals surface area contributed by atoms with Gasteiger partial charge in [-0.2, -0.15) is 0 Å². The van der Waals surface area contributed by atoms with Gasteiger partial charge in [-0.05, 0) is 31.0 Å². The van der Waals surface area contributed by atoms with E-state index < -0.39 is 0 Å². The fourth-order valence-corrected chi connectivity index (χ4v) is 1.17. The molecule has 0 saturated heterocycles. The maximum atomic E-state index is 5.95. The number of halogens is 1. The molecule has 0 aliphatic heterocycles. The van der Waals surface area contributed by atoms with Crippen molar-refractivity contribution in [3.05, 3.63) is 28.8 Å². The van der Waals surface area contributed by atoms with E-state index in [4.69, 9.17) is 16.3 Å². The second-order valence-electron chi connectivity index (χ2n) is 3.11. The van der Waals surface area contributed by atoms with Gasteiger partial charge >= 0.3 is 0 Å². The van der Waals surface area contributed by atoms with Gasteiger partial charge in [0.15, 0.2) is 0 Å². The predicted octanol–water partition coefficient (Wildman–Crippen LogP) is 5.88. The third-order valence-electron chi connectivity index (χ3n) is 1.91. The molecule has 0 unspecified atom stereocenters. The van der Waals surface area contributed by atoms with E-state index in [1.807, 2.05) is 52.8 Å². The molecule has 17 heavy (non-hydrogen) atoms. The van der Waals surface area contributed by atoms with Gasteiger partial charge in [0.05, 0.1) is 6.61 Å². The summed E-state index contributed by atoms with van der Waals surface area (Å²) in [5.41, 5.74) is 1.09. The number of ether oxygens (including phenoxy) is 1. The molecule has 0 spiro atoms. The van der Waals surface area contributed by atoms with E-state index in [0.717, 1.165) is 35.8 Å². The van der Waals surface area contributed by atoms with E-state index in [0.29, 0.717) is 0 Å². The number of benzene rings is 1. The van der Waals surface area contributed by atoms with Gasteiger partial charge in [0.25, 0.3) is 0 Å². The third kappa shape index (κ3) is 9.05. The van der Waals surface area contributed by atoms with Crippen LogP contribution < -0.4 is 4.74 Å². The molecule has 0 aromatic heterocycles. The van der Waals surface area contributed by atoms with Gasteiger partial charge in [-0.25, -0.2) is 0 Å². The van der Waals surface area contributed by atoms with Gasteiger partial charge in [0, 0.05) is 5.02 Å². The van der Waals surface area contributed by atoms with Gasteiger partial charge in [0.1, 0.15) is 5.75 Å². The Kier molecular flexibility index (Phi) is 14.7. The lowest BCUT2D eigenvalue weighted by Gasteiger charge is -2.06. The van der Waals surface area contributed by atoms with Crippen LogP contribution in [0.4, 0.5) is 0 Å². The van der Waals surface area contributed by atoms with Crippen molar-refractivity contribution in [2.45, 2.75) is 54.4 Å². The highest BCUT2D eigenvalue weighted by atomic mass is 35.5. The largest absolute Gasteiger partial charge is 0.494 e. The molecule has 1 aromatic carbocycles. The molecular weight excluding hydrogens is 232 g/mol. The predicted molar refractivity (Wildman–Crippen MR) is 79.3 cm³/mol. The molecule has 1 nitrogen and oxygen atoms in total.